The van der Waals surface area contributed by atoms with E-state index in [1.54, 1.807) is 0 Å². The average Bonchev–Trinajstić information content (AvgIpc) is 2.39. The topological polar surface area (TPSA) is 64.3 Å². The zero-order chi connectivity index (χ0) is 15.3. The lowest BCUT2D eigenvalue weighted by Gasteiger charge is -2.18. The van der Waals surface area contributed by atoms with E-state index in [1.165, 1.54) is 25.1 Å². The molecule has 1 aromatic rings. The highest BCUT2D eigenvalue weighted by atomic mass is 35.5. The summed E-state index contributed by atoms with van der Waals surface area (Å²) in [6, 6.07) is 4.48. The summed E-state index contributed by atoms with van der Waals surface area (Å²) in [6.07, 6.45) is -0.984. The molecule has 0 aliphatic rings. The quantitative estimate of drug-likeness (QED) is 0.844. The molecule has 1 aromatic carbocycles. The van der Waals surface area contributed by atoms with Gasteiger partial charge in [0.1, 0.15) is 5.75 Å². The van der Waals surface area contributed by atoms with E-state index in [0.29, 0.717) is 5.02 Å². The van der Waals surface area contributed by atoms with E-state index in [2.05, 4.69) is 5.32 Å². The van der Waals surface area contributed by atoms with Crippen LogP contribution in [0.25, 0.3) is 0 Å². The van der Waals surface area contributed by atoms with Crippen LogP contribution in [0.5, 0.6) is 5.75 Å². The maximum Gasteiger partial charge on any atom is 0.277 e. The number of rotatable bonds is 6. The van der Waals surface area contributed by atoms with Gasteiger partial charge in [-0.3, -0.25) is 4.79 Å². The highest BCUT2D eigenvalue weighted by Crippen LogP contribution is 2.28. The number of carbonyl (C=O) groups is 1. The zero-order valence-electron chi connectivity index (χ0n) is 10.6. The van der Waals surface area contributed by atoms with Crippen LogP contribution >= 0.6 is 23.2 Å². The van der Waals surface area contributed by atoms with Crippen molar-refractivity contribution in [1.29, 1.82) is 0 Å². The maximum absolute atomic E-state index is 12.9. The summed E-state index contributed by atoms with van der Waals surface area (Å²) >= 11 is 11.6. The van der Waals surface area contributed by atoms with E-state index >= 15 is 0 Å². The first-order valence-corrected chi connectivity index (χ1v) is 6.48. The number of halogens is 4. The van der Waals surface area contributed by atoms with Crippen LogP contribution < -0.4 is 15.8 Å². The second kappa shape index (κ2) is 7.06. The highest BCUT2D eigenvalue weighted by molar-refractivity contribution is 6.35. The maximum atomic E-state index is 12.9. The number of nitrogens with one attached hydrogen (secondary N) is 1. The lowest BCUT2D eigenvalue weighted by molar-refractivity contribution is -0.129. The van der Waals surface area contributed by atoms with Gasteiger partial charge in [0.15, 0.2) is 6.10 Å². The van der Waals surface area contributed by atoms with Crippen LogP contribution in [0, 0.1) is 0 Å². The van der Waals surface area contributed by atoms with Crippen molar-refractivity contribution in [2.75, 3.05) is 13.1 Å². The summed E-state index contributed by atoms with van der Waals surface area (Å²) < 4.78 is 31.1. The summed E-state index contributed by atoms with van der Waals surface area (Å²) in [5.41, 5.74) is 4.86. The Morgan fingerprint density at radius 3 is 2.70 bits per heavy atom. The number of hydrogen-bond acceptors (Lipinski definition) is 3. The van der Waals surface area contributed by atoms with Gasteiger partial charge >= 0.3 is 0 Å². The number of alkyl halides is 2. The minimum atomic E-state index is -3.15. The Kier molecular flexibility index (Phi) is 5.98. The second-order valence-corrected chi connectivity index (χ2v) is 4.96. The Morgan fingerprint density at radius 1 is 1.50 bits per heavy atom. The Hall–Kier alpha value is -1.11. The standard InChI is InChI=1S/C12H14Cl2F2N2O2/c1-7(11(19)18-6-12(15,16)5-17)20-10-3-2-8(13)4-9(10)14/h2-4,7H,5-6,17H2,1H3,(H,18,19). The number of carbonyl (C=O) groups excluding carboxylic acids is 1. The van der Waals surface area contributed by atoms with Gasteiger partial charge in [-0.05, 0) is 25.1 Å². The van der Waals surface area contributed by atoms with Crippen molar-refractivity contribution in [3.05, 3.63) is 28.2 Å². The molecule has 0 aromatic heterocycles. The zero-order valence-corrected chi connectivity index (χ0v) is 12.1. The first kappa shape index (κ1) is 16.9. The van der Waals surface area contributed by atoms with Crippen molar-refractivity contribution >= 4 is 29.1 Å². The van der Waals surface area contributed by atoms with Gasteiger partial charge in [0.05, 0.1) is 18.1 Å². The van der Waals surface area contributed by atoms with Gasteiger partial charge in [0, 0.05) is 5.02 Å². The highest BCUT2D eigenvalue weighted by Gasteiger charge is 2.28. The molecule has 20 heavy (non-hydrogen) atoms. The summed E-state index contributed by atoms with van der Waals surface area (Å²) in [6.45, 7) is -0.267. The van der Waals surface area contributed by atoms with E-state index in [9.17, 15) is 13.6 Å². The molecule has 4 nitrogen and oxygen atoms in total. The minimum absolute atomic E-state index is 0.226. The molecule has 0 bridgehead atoms. The van der Waals surface area contributed by atoms with E-state index in [1.807, 2.05) is 0 Å². The third-order valence-corrected chi connectivity index (χ3v) is 2.92. The second-order valence-electron chi connectivity index (χ2n) is 4.11. The third-order valence-electron chi connectivity index (χ3n) is 2.39. The van der Waals surface area contributed by atoms with Crippen molar-refractivity contribution in [1.82, 2.24) is 5.32 Å². The fourth-order valence-corrected chi connectivity index (χ4v) is 1.70. The van der Waals surface area contributed by atoms with Crippen LogP contribution in [0.3, 0.4) is 0 Å². The molecule has 3 N–H and O–H groups in total. The average molecular weight is 327 g/mol. The van der Waals surface area contributed by atoms with E-state index < -0.39 is 31.0 Å². The smallest absolute Gasteiger partial charge is 0.277 e. The molecule has 8 heteroatoms. The summed E-state index contributed by atoms with van der Waals surface area (Å²) in [5.74, 6) is -3.60. The predicted octanol–water partition coefficient (Wildman–Crippen LogP) is 2.47. The molecule has 1 rings (SSSR count). The van der Waals surface area contributed by atoms with Gasteiger partial charge in [-0.1, -0.05) is 23.2 Å². The normalized spacial score (nSPS) is 12.9. The van der Waals surface area contributed by atoms with Crippen LogP contribution in [0.2, 0.25) is 10.0 Å². The van der Waals surface area contributed by atoms with Crippen molar-refractivity contribution in [3.63, 3.8) is 0 Å². The lowest BCUT2D eigenvalue weighted by Crippen LogP contribution is -2.45. The number of hydrogen-bond donors (Lipinski definition) is 2. The number of ether oxygens (including phenoxy) is 1. The summed E-state index contributed by atoms with van der Waals surface area (Å²) in [4.78, 5) is 11.6. The first-order valence-electron chi connectivity index (χ1n) is 5.72. The van der Waals surface area contributed by atoms with Crippen LogP contribution in [0.4, 0.5) is 8.78 Å². The molecule has 1 amide bonds. The van der Waals surface area contributed by atoms with Crippen LogP contribution in [0.1, 0.15) is 6.92 Å². The van der Waals surface area contributed by atoms with Gasteiger partial charge < -0.3 is 15.8 Å². The Balaban J connectivity index is 2.57. The Bertz CT molecular complexity index is 487. The van der Waals surface area contributed by atoms with E-state index in [-0.39, 0.29) is 10.8 Å². The monoisotopic (exact) mass is 326 g/mol. The van der Waals surface area contributed by atoms with Gasteiger partial charge in [0.2, 0.25) is 0 Å². The van der Waals surface area contributed by atoms with Gasteiger partial charge in [0.25, 0.3) is 11.8 Å². The van der Waals surface area contributed by atoms with Crippen molar-refractivity contribution in [3.8, 4) is 5.75 Å². The van der Waals surface area contributed by atoms with Crippen LogP contribution in [0.15, 0.2) is 18.2 Å². The molecule has 0 aliphatic heterocycles. The first-order chi connectivity index (χ1) is 9.25. The van der Waals surface area contributed by atoms with E-state index in [0.717, 1.165) is 0 Å². The molecule has 1 unspecified atom stereocenters. The van der Waals surface area contributed by atoms with Gasteiger partial charge in [-0.2, -0.15) is 0 Å². The van der Waals surface area contributed by atoms with Crippen molar-refractivity contribution < 1.29 is 18.3 Å². The van der Waals surface area contributed by atoms with E-state index in [4.69, 9.17) is 33.7 Å². The largest absolute Gasteiger partial charge is 0.479 e. The molecule has 0 radical (unpaired) electrons. The van der Waals surface area contributed by atoms with Crippen molar-refractivity contribution in [2.45, 2.75) is 19.0 Å². The number of benzene rings is 1. The Morgan fingerprint density at radius 2 is 2.15 bits per heavy atom. The molecular weight excluding hydrogens is 313 g/mol. The molecule has 112 valence electrons. The fourth-order valence-electron chi connectivity index (χ4n) is 1.25. The van der Waals surface area contributed by atoms with Gasteiger partial charge in [-0.15, -0.1) is 0 Å². The Labute approximate surface area is 125 Å². The number of nitrogens with two attached hydrogens (primary N) is 1. The molecule has 0 aliphatic carbocycles. The molecule has 0 heterocycles. The number of amides is 1. The summed E-state index contributed by atoms with van der Waals surface area (Å²) in [7, 11) is 0. The predicted molar refractivity (Wildman–Crippen MR) is 73.6 cm³/mol. The minimum Gasteiger partial charge on any atom is -0.479 e. The van der Waals surface area contributed by atoms with Gasteiger partial charge in [-0.25, -0.2) is 8.78 Å². The molecule has 0 fully saturated rings. The SMILES string of the molecule is CC(Oc1ccc(Cl)cc1Cl)C(=O)NCC(F)(F)CN. The summed E-state index contributed by atoms with van der Waals surface area (Å²) in [5, 5.41) is 2.71. The van der Waals surface area contributed by atoms with Crippen molar-refractivity contribution in [2.24, 2.45) is 5.73 Å². The van der Waals surface area contributed by atoms with Crippen LogP contribution in [-0.4, -0.2) is 31.0 Å². The lowest BCUT2D eigenvalue weighted by atomic mass is 10.3. The molecule has 1 atom stereocenters. The molecule has 0 saturated carbocycles. The fraction of sp³-hybridized carbons (Fsp3) is 0.417. The molecular formula is C12H14Cl2F2N2O2. The molecule has 0 spiro atoms. The van der Waals surface area contributed by atoms with Crippen LogP contribution in [-0.2, 0) is 4.79 Å². The molecule has 0 saturated heterocycles. The third kappa shape index (κ3) is 5.11.